The van der Waals surface area contributed by atoms with E-state index in [2.05, 4.69) is 52.1 Å². The maximum Gasteiger partial charge on any atom is 2.00 e. The molecule has 0 aromatic rings. The summed E-state index contributed by atoms with van der Waals surface area (Å²) in [5.41, 5.74) is 0. The summed E-state index contributed by atoms with van der Waals surface area (Å²) >= 11 is 17.6. The first-order valence-corrected chi connectivity index (χ1v) is 7.11. The van der Waals surface area contributed by atoms with Crippen molar-refractivity contribution in [2.75, 3.05) is 26.2 Å². The van der Waals surface area contributed by atoms with E-state index in [4.69, 9.17) is 25.3 Å². The zero-order valence-electron chi connectivity index (χ0n) is 10.8. The Labute approximate surface area is 138 Å². The number of hydrogen-bond acceptors (Lipinski definition) is 2. The average molecular weight is 358 g/mol. The van der Waals surface area contributed by atoms with Crippen LogP contribution in [0.3, 0.4) is 0 Å². The molecule has 2 nitrogen and oxygen atoms in total. The number of nitrogens with zero attached hydrogens (tertiary/aromatic N) is 2. The minimum atomic E-state index is 0. The molecule has 0 aliphatic heterocycles. The third-order valence-corrected chi connectivity index (χ3v) is 3.15. The monoisotopic (exact) mass is 357 g/mol. The molecule has 0 aromatic heterocycles. The van der Waals surface area contributed by atoms with Crippen molar-refractivity contribution in [2.45, 2.75) is 27.7 Å². The van der Waals surface area contributed by atoms with Crippen LogP contribution in [-0.2, 0) is 66.5 Å². The maximum atomic E-state index is 4.81. The van der Waals surface area contributed by atoms with Crippen LogP contribution in [0.25, 0.3) is 0 Å². The van der Waals surface area contributed by atoms with Gasteiger partial charge in [-0.3, -0.25) is 9.80 Å². The first-order chi connectivity index (χ1) is 7.44. The number of hydrogen-bond donors (Lipinski definition) is 0. The van der Waals surface area contributed by atoms with E-state index < -0.39 is 0 Å². The molecule has 0 fully saturated rings. The van der Waals surface area contributed by atoms with E-state index in [1.165, 1.54) is 0 Å². The Kier molecular flexibility index (Phi) is 21.2. The summed E-state index contributed by atoms with van der Waals surface area (Å²) in [4.78, 5) is 4.02. The molecule has 0 amide bonds. The second-order valence-corrected chi connectivity index (χ2v) is 5.14. The average Bonchev–Trinajstić information content (AvgIpc) is 2.21. The molecule has 0 aliphatic rings. The van der Waals surface area contributed by atoms with Crippen LogP contribution in [0, 0.1) is 0 Å². The summed E-state index contributed by atoms with van der Waals surface area (Å²) in [6.07, 6.45) is 0. The van der Waals surface area contributed by atoms with Crippen LogP contribution in [0.15, 0.2) is 0 Å². The third-order valence-electron chi connectivity index (χ3n) is 2.07. The number of thiol groups is 2. The molecule has 0 N–H and O–H groups in total. The van der Waals surface area contributed by atoms with Gasteiger partial charge in [0.25, 0.3) is 0 Å². The van der Waals surface area contributed by atoms with Gasteiger partial charge in [-0.15, -0.1) is 0 Å². The van der Waals surface area contributed by atoms with Gasteiger partial charge >= 0.3 is 16.8 Å². The molecule has 0 unspecified atom stereocenters. The van der Waals surface area contributed by atoms with Gasteiger partial charge in [0, 0.05) is 26.2 Å². The van der Waals surface area contributed by atoms with Crippen LogP contribution in [0.4, 0.5) is 0 Å². The van der Waals surface area contributed by atoms with Crippen molar-refractivity contribution >= 4 is 58.3 Å². The van der Waals surface area contributed by atoms with E-state index in [9.17, 15) is 0 Å². The Balaban J connectivity index is -0.000000218. The van der Waals surface area contributed by atoms with Gasteiger partial charge in [0.05, 0.1) is 0 Å². The van der Waals surface area contributed by atoms with Gasteiger partial charge in [-0.25, -0.2) is 0 Å². The molecular formula is C10H22CoN2S4+2. The van der Waals surface area contributed by atoms with Crippen molar-refractivity contribution in [3.05, 3.63) is 0 Å². The van der Waals surface area contributed by atoms with Crippen molar-refractivity contribution in [2.24, 2.45) is 0 Å². The second kappa shape index (κ2) is 15.4. The molecule has 0 spiro atoms. The van der Waals surface area contributed by atoms with Crippen LogP contribution >= 0.6 is 0 Å². The smallest absolute Gasteiger partial charge is 0.680 e. The van der Waals surface area contributed by atoms with Gasteiger partial charge in [-0.1, -0.05) is 27.7 Å². The molecule has 0 atom stereocenters. The fraction of sp³-hybridized carbons (Fsp3) is 0.800. The zero-order valence-corrected chi connectivity index (χ0v) is 15.2. The van der Waals surface area contributed by atoms with Crippen LogP contribution in [0.2, 0.25) is 0 Å². The van der Waals surface area contributed by atoms with Gasteiger partial charge in [-0.05, 0) is 0 Å². The minimum Gasteiger partial charge on any atom is -0.680 e. The van der Waals surface area contributed by atoms with Crippen molar-refractivity contribution < 1.29 is 16.8 Å². The fourth-order valence-corrected chi connectivity index (χ4v) is 2.07. The molecule has 0 heterocycles. The molecule has 103 valence electrons. The Morgan fingerprint density at radius 1 is 0.765 bits per heavy atom. The Bertz CT molecular complexity index is 184. The van der Waals surface area contributed by atoms with Gasteiger partial charge in [0.15, 0.2) is 0 Å². The fourth-order valence-electron chi connectivity index (χ4n) is 0.988. The van der Waals surface area contributed by atoms with E-state index >= 15 is 0 Å². The van der Waals surface area contributed by atoms with E-state index in [-0.39, 0.29) is 16.8 Å². The van der Waals surface area contributed by atoms with Crippen molar-refractivity contribution in [3.8, 4) is 0 Å². The van der Waals surface area contributed by atoms with Crippen LogP contribution in [0.1, 0.15) is 27.7 Å². The van der Waals surface area contributed by atoms with E-state index in [1.54, 1.807) is 0 Å². The van der Waals surface area contributed by atoms with Crippen LogP contribution < -0.4 is 0 Å². The summed E-state index contributed by atoms with van der Waals surface area (Å²) in [7, 11) is 0. The van der Waals surface area contributed by atoms with E-state index in [0.717, 1.165) is 26.2 Å². The molecule has 17 heavy (non-hydrogen) atoms. The quantitative estimate of drug-likeness (QED) is 0.312. The Hall–Kier alpha value is 1.31. The molecule has 1 radical (unpaired) electrons. The second-order valence-electron chi connectivity index (χ2n) is 2.91. The summed E-state index contributed by atoms with van der Waals surface area (Å²) in [5, 5.41) is 0. The van der Waals surface area contributed by atoms with E-state index in [0.29, 0.717) is 8.64 Å². The van der Waals surface area contributed by atoms with Crippen LogP contribution in [-0.4, -0.2) is 44.6 Å². The largest absolute Gasteiger partial charge is 2.00 e. The first-order valence-electron chi connectivity index (χ1n) is 5.40. The topological polar surface area (TPSA) is 6.48 Å². The predicted molar refractivity (Wildman–Crippen MR) is 88.1 cm³/mol. The summed E-state index contributed by atoms with van der Waals surface area (Å²) in [6, 6.07) is 0. The molecule has 0 rings (SSSR count). The molecular weight excluding hydrogens is 335 g/mol. The Morgan fingerprint density at radius 3 is 0.941 bits per heavy atom. The Morgan fingerprint density at radius 2 is 0.941 bits per heavy atom. The van der Waals surface area contributed by atoms with Gasteiger partial charge in [0.2, 0.25) is 0 Å². The SMILES string of the molecule is CCN(CC)C([S-])=[SH+].CCN(CC)C([S-])=[SH+].[Co+2]. The zero-order chi connectivity index (χ0) is 13.1. The molecule has 0 aliphatic carbocycles. The van der Waals surface area contributed by atoms with Crippen molar-refractivity contribution in [1.29, 1.82) is 0 Å². The standard InChI is InChI=1S/2C5H11NS2.Co/c2*1-3-6(4-2)5(7)8;/h2*3-4H2,1-2H3,(H,7,8);/q;;+2. The predicted octanol–water partition coefficient (Wildman–Crippen LogP) is 0.481. The van der Waals surface area contributed by atoms with Gasteiger partial charge in [-0.2, -0.15) is 0 Å². The molecule has 0 saturated carbocycles. The maximum absolute atomic E-state index is 4.81. The summed E-state index contributed by atoms with van der Waals surface area (Å²) in [6.45, 7) is 12.1. The normalized spacial score (nSPS) is 9.41. The molecule has 0 saturated heterocycles. The van der Waals surface area contributed by atoms with Crippen molar-refractivity contribution in [3.63, 3.8) is 0 Å². The molecule has 0 aromatic carbocycles. The molecule has 0 bridgehead atoms. The van der Waals surface area contributed by atoms with Gasteiger partial charge in [0.1, 0.15) is 33.1 Å². The summed E-state index contributed by atoms with van der Waals surface area (Å²) in [5.74, 6) is 0. The number of rotatable bonds is 4. The third kappa shape index (κ3) is 13.5. The van der Waals surface area contributed by atoms with Gasteiger partial charge < -0.3 is 25.3 Å². The van der Waals surface area contributed by atoms with Crippen LogP contribution in [0.5, 0.6) is 0 Å². The molecule has 7 heteroatoms. The van der Waals surface area contributed by atoms with E-state index in [1.807, 2.05) is 9.80 Å². The minimum absolute atomic E-state index is 0. The summed E-state index contributed by atoms with van der Waals surface area (Å²) < 4.78 is 1.38. The van der Waals surface area contributed by atoms with Crippen molar-refractivity contribution in [1.82, 2.24) is 9.80 Å². The first kappa shape index (κ1) is 23.4.